The van der Waals surface area contributed by atoms with Gasteiger partial charge in [0.15, 0.2) is 0 Å². The monoisotopic (exact) mass is 264 g/mol. The summed E-state index contributed by atoms with van der Waals surface area (Å²) in [5.74, 6) is 2.16. The van der Waals surface area contributed by atoms with Crippen LogP contribution in [0.5, 0.6) is 0 Å². The first-order valence-electron chi connectivity index (χ1n) is 5.76. The Morgan fingerprint density at radius 1 is 1.50 bits per heavy atom. The van der Waals surface area contributed by atoms with Crippen molar-refractivity contribution in [2.24, 2.45) is 5.73 Å². The molecule has 0 aliphatic rings. The van der Waals surface area contributed by atoms with Gasteiger partial charge in [-0.05, 0) is 31.0 Å². The van der Waals surface area contributed by atoms with Gasteiger partial charge in [-0.3, -0.25) is 4.79 Å². The quantitative estimate of drug-likeness (QED) is 0.796. The maximum absolute atomic E-state index is 11.6. The van der Waals surface area contributed by atoms with E-state index in [9.17, 15) is 4.79 Å². The second-order valence-electron chi connectivity index (χ2n) is 4.25. The third-order valence-corrected chi connectivity index (χ3v) is 2.77. The Balaban J connectivity index is 2.46. The van der Waals surface area contributed by atoms with Crippen LogP contribution in [0.3, 0.4) is 0 Å². The predicted molar refractivity (Wildman–Crippen MR) is 74.2 cm³/mol. The summed E-state index contributed by atoms with van der Waals surface area (Å²) in [4.78, 5) is 11.6. The number of terminal acetylenes is 1. The smallest absolute Gasteiger partial charge is 0.238 e. The molecule has 2 unspecified atom stereocenters. The van der Waals surface area contributed by atoms with Crippen molar-refractivity contribution in [3.8, 4) is 12.3 Å². The molecule has 0 aliphatic heterocycles. The van der Waals surface area contributed by atoms with Crippen molar-refractivity contribution >= 4 is 17.5 Å². The first-order chi connectivity index (χ1) is 8.52. The molecule has 1 rings (SSSR count). The number of hydrogen-bond acceptors (Lipinski definition) is 2. The molecular formula is C14H17ClN2O. The molecule has 0 saturated carbocycles. The van der Waals surface area contributed by atoms with Gasteiger partial charge in [0.25, 0.3) is 0 Å². The topological polar surface area (TPSA) is 55.1 Å². The molecule has 0 saturated heterocycles. The fraction of sp³-hybridized carbons (Fsp3) is 0.357. The van der Waals surface area contributed by atoms with Gasteiger partial charge in [0.05, 0.1) is 6.04 Å². The van der Waals surface area contributed by atoms with Crippen LogP contribution in [0.15, 0.2) is 24.3 Å². The number of halogens is 1. The van der Waals surface area contributed by atoms with E-state index in [1.165, 1.54) is 0 Å². The number of amides is 1. The number of hydrogen-bond donors (Lipinski definition) is 2. The Bertz CT molecular complexity index is 436. The van der Waals surface area contributed by atoms with E-state index in [2.05, 4.69) is 11.2 Å². The Labute approximate surface area is 113 Å². The summed E-state index contributed by atoms with van der Waals surface area (Å²) < 4.78 is 0. The lowest BCUT2D eigenvalue weighted by atomic mass is 10.1. The van der Waals surface area contributed by atoms with E-state index in [4.69, 9.17) is 23.8 Å². The molecule has 1 aromatic rings. The van der Waals surface area contributed by atoms with E-state index in [-0.39, 0.29) is 18.4 Å². The zero-order valence-electron chi connectivity index (χ0n) is 10.3. The van der Waals surface area contributed by atoms with Crippen molar-refractivity contribution in [2.45, 2.75) is 31.8 Å². The minimum atomic E-state index is -0.636. The summed E-state index contributed by atoms with van der Waals surface area (Å²) in [6.07, 6.45) is 6.09. The van der Waals surface area contributed by atoms with Crippen LogP contribution in [-0.2, 0) is 11.2 Å². The highest BCUT2D eigenvalue weighted by atomic mass is 35.5. The van der Waals surface area contributed by atoms with E-state index in [0.29, 0.717) is 5.02 Å². The molecule has 0 fully saturated rings. The van der Waals surface area contributed by atoms with Gasteiger partial charge in [0, 0.05) is 17.5 Å². The molecule has 3 nitrogen and oxygen atoms in total. The number of nitrogens with two attached hydrogens (primary N) is 1. The highest BCUT2D eigenvalue weighted by molar-refractivity contribution is 6.30. The molecule has 4 heteroatoms. The minimum absolute atomic E-state index is 0.00231. The fourth-order valence-corrected chi connectivity index (χ4v) is 1.72. The second kappa shape index (κ2) is 7.05. The molecule has 2 atom stereocenters. The Morgan fingerprint density at radius 3 is 2.67 bits per heavy atom. The molecule has 1 aromatic carbocycles. The summed E-state index contributed by atoms with van der Waals surface area (Å²) in [6, 6.07) is 6.90. The number of carbonyl (C=O) groups excluding carboxylic acids is 1. The molecule has 18 heavy (non-hydrogen) atoms. The molecule has 0 bridgehead atoms. The third kappa shape index (κ3) is 4.79. The van der Waals surface area contributed by atoms with Crippen LogP contribution in [0.4, 0.5) is 0 Å². The first-order valence-corrected chi connectivity index (χ1v) is 6.14. The van der Waals surface area contributed by atoms with E-state index >= 15 is 0 Å². The van der Waals surface area contributed by atoms with E-state index in [1.807, 2.05) is 31.2 Å². The van der Waals surface area contributed by atoms with E-state index in [0.717, 1.165) is 12.0 Å². The van der Waals surface area contributed by atoms with Gasteiger partial charge in [-0.1, -0.05) is 23.7 Å². The van der Waals surface area contributed by atoms with Crippen molar-refractivity contribution in [3.63, 3.8) is 0 Å². The zero-order valence-corrected chi connectivity index (χ0v) is 11.1. The SMILES string of the molecule is C#CCC(N)C(=O)NC(C)Cc1ccc(Cl)cc1. The number of carbonyl (C=O) groups is 1. The normalized spacial score (nSPS) is 13.4. The number of rotatable bonds is 5. The van der Waals surface area contributed by atoms with Crippen molar-refractivity contribution in [1.29, 1.82) is 0 Å². The number of benzene rings is 1. The van der Waals surface area contributed by atoms with E-state index < -0.39 is 6.04 Å². The molecule has 1 amide bonds. The van der Waals surface area contributed by atoms with Gasteiger partial charge < -0.3 is 11.1 Å². The zero-order chi connectivity index (χ0) is 13.5. The van der Waals surface area contributed by atoms with Gasteiger partial charge in [-0.15, -0.1) is 12.3 Å². The molecular weight excluding hydrogens is 248 g/mol. The molecule has 0 radical (unpaired) electrons. The lowest BCUT2D eigenvalue weighted by Crippen LogP contribution is -2.44. The number of nitrogens with one attached hydrogen (secondary N) is 1. The second-order valence-corrected chi connectivity index (χ2v) is 4.69. The average molecular weight is 265 g/mol. The lowest BCUT2D eigenvalue weighted by Gasteiger charge is -2.16. The van der Waals surface area contributed by atoms with Crippen LogP contribution in [0.1, 0.15) is 18.9 Å². The van der Waals surface area contributed by atoms with Crippen LogP contribution in [0.25, 0.3) is 0 Å². The van der Waals surface area contributed by atoms with Crippen molar-refractivity contribution in [3.05, 3.63) is 34.9 Å². The lowest BCUT2D eigenvalue weighted by molar-refractivity contribution is -0.122. The van der Waals surface area contributed by atoms with Crippen LogP contribution in [0.2, 0.25) is 5.02 Å². The van der Waals surface area contributed by atoms with Crippen molar-refractivity contribution in [2.75, 3.05) is 0 Å². The van der Waals surface area contributed by atoms with Gasteiger partial charge >= 0.3 is 0 Å². The molecule has 0 spiro atoms. The standard InChI is InChI=1S/C14H17ClN2O/c1-3-4-13(16)14(18)17-10(2)9-11-5-7-12(15)8-6-11/h1,5-8,10,13H,4,9,16H2,2H3,(H,17,18). The van der Waals surface area contributed by atoms with Gasteiger partial charge in [-0.25, -0.2) is 0 Å². The van der Waals surface area contributed by atoms with Crippen molar-refractivity contribution < 1.29 is 4.79 Å². The first kappa shape index (κ1) is 14.6. The Morgan fingerprint density at radius 2 is 2.11 bits per heavy atom. The van der Waals surface area contributed by atoms with Crippen LogP contribution >= 0.6 is 11.6 Å². The van der Waals surface area contributed by atoms with Crippen LogP contribution in [0, 0.1) is 12.3 Å². The summed E-state index contributed by atoms with van der Waals surface area (Å²) in [5, 5.41) is 3.54. The van der Waals surface area contributed by atoms with Crippen molar-refractivity contribution in [1.82, 2.24) is 5.32 Å². The average Bonchev–Trinajstić information content (AvgIpc) is 2.32. The molecule has 0 heterocycles. The van der Waals surface area contributed by atoms with Gasteiger partial charge in [-0.2, -0.15) is 0 Å². The van der Waals surface area contributed by atoms with E-state index in [1.54, 1.807) is 0 Å². The summed E-state index contributed by atoms with van der Waals surface area (Å²) >= 11 is 5.80. The summed E-state index contributed by atoms with van der Waals surface area (Å²) in [7, 11) is 0. The van der Waals surface area contributed by atoms with Gasteiger partial charge in [0.2, 0.25) is 5.91 Å². The maximum atomic E-state index is 11.6. The van der Waals surface area contributed by atoms with Gasteiger partial charge in [0.1, 0.15) is 0 Å². The fourth-order valence-electron chi connectivity index (χ4n) is 1.59. The third-order valence-electron chi connectivity index (χ3n) is 2.52. The minimum Gasteiger partial charge on any atom is -0.352 e. The summed E-state index contributed by atoms with van der Waals surface area (Å²) in [6.45, 7) is 1.93. The predicted octanol–water partition coefficient (Wildman–Crippen LogP) is 1.74. The Hall–Kier alpha value is -1.50. The molecule has 0 aromatic heterocycles. The summed E-state index contributed by atoms with van der Waals surface area (Å²) in [5.41, 5.74) is 6.73. The maximum Gasteiger partial charge on any atom is 0.238 e. The molecule has 0 aliphatic carbocycles. The van der Waals surface area contributed by atoms with Crippen LogP contribution in [-0.4, -0.2) is 18.0 Å². The highest BCUT2D eigenvalue weighted by Crippen LogP contribution is 2.11. The largest absolute Gasteiger partial charge is 0.352 e. The molecule has 96 valence electrons. The molecule has 3 N–H and O–H groups in total. The Kier molecular flexibility index (Phi) is 5.70. The van der Waals surface area contributed by atoms with Crippen LogP contribution < -0.4 is 11.1 Å². The highest BCUT2D eigenvalue weighted by Gasteiger charge is 2.14.